The molecule has 1 aromatic rings. The molecule has 1 aromatic heterocycles. The summed E-state index contributed by atoms with van der Waals surface area (Å²) in [5.74, 6) is 0. The van der Waals surface area contributed by atoms with Crippen LogP contribution in [0.15, 0.2) is 18.7 Å². The van der Waals surface area contributed by atoms with Crippen LogP contribution in [-0.4, -0.2) is 41.4 Å². The molecule has 0 aromatic carbocycles. The summed E-state index contributed by atoms with van der Waals surface area (Å²) in [5.41, 5.74) is 0. The standard InChI is InChI=1S/C11H21N3O/c1-3-6-14(11-15-2)8-4-7-13-9-5-12-10-13/h5,9-10H,3-4,6-8,11H2,1-2H3. The number of hydrogen-bond donors (Lipinski definition) is 0. The van der Waals surface area contributed by atoms with Gasteiger partial charge in [0.1, 0.15) is 0 Å². The number of aryl methyl sites for hydroxylation is 1. The van der Waals surface area contributed by atoms with Gasteiger partial charge in [0.2, 0.25) is 0 Å². The van der Waals surface area contributed by atoms with Crippen molar-refractivity contribution < 1.29 is 4.74 Å². The summed E-state index contributed by atoms with van der Waals surface area (Å²) < 4.78 is 7.26. The van der Waals surface area contributed by atoms with Crippen molar-refractivity contribution in [3.8, 4) is 0 Å². The molecule has 15 heavy (non-hydrogen) atoms. The normalized spacial score (nSPS) is 11.1. The summed E-state index contributed by atoms with van der Waals surface area (Å²) in [5, 5.41) is 0. The second-order valence-corrected chi connectivity index (χ2v) is 3.69. The van der Waals surface area contributed by atoms with Gasteiger partial charge in [-0.3, -0.25) is 4.90 Å². The summed E-state index contributed by atoms with van der Waals surface area (Å²) in [7, 11) is 1.75. The van der Waals surface area contributed by atoms with Crippen molar-refractivity contribution in [3.63, 3.8) is 0 Å². The smallest absolute Gasteiger partial charge is 0.0986 e. The van der Waals surface area contributed by atoms with Crippen molar-refractivity contribution in [2.45, 2.75) is 26.3 Å². The van der Waals surface area contributed by atoms with Crippen LogP contribution < -0.4 is 0 Å². The molecule has 0 bridgehead atoms. The molecule has 0 aliphatic heterocycles. The van der Waals surface area contributed by atoms with Crippen molar-refractivity contribution in [1.29, 1.82) is 0 Å². The molecule has 0 aliphatic rings. The summed E-state index contributed by atoms with van der Waals surface area (Å²) in [6.45, 7) is 6.15. The Morgan fingerprint density at radius 3 is 2.87 bits per heavy atom. The Labute approximate surface area is 91.9 Å². The highest BCUT2D eigenvalue weighted by Crippen LogP contribution is 1.97. The Balaban J connectivity index is 2.15. The maximum absolute atomic E-state index is 5.15. The molecule has 4 heteroatoms. The average molecular weight is 211 g/mol. The Bertz CT molecular complexity index is 230. The quantitative estimate of drug-likeness (QED) is 0.612. The number of ether oxygens (including phenoxy) is 1. The van der Waals surface area contributed by atoms with Crippen LogP contribution in [0, 0.1) is 0 Å². The Kier molecular flexibility index (Phi) is 6.04. The van der Waals surface area contributed by atoms with Crippen molar-refractivity contribution in [1.82, 2.24) is 14.5 Å². The predicted octanol–water partition coefficient (Wildman–Crippen LogP) is 1.59. The van der Waals surface area contributed by atoms with E-state index in [1.807, 2.05) is 18.7 Å². The largest absolute Gasteiger partial charge is 0.369 e. The summed E-state index contributed by atoms with van der Waals surface area (Å²) >= 11 is 0. The van der Waals surface area contributed by atoms with Crippen molar-refractivity contribution in [3.05, 3.63) is 18.7 Å². The van der Waals surface area contributed by atoms with Crippen LogP contribution in [0.2, 0.25) is 0 Å². The van der Waals surface area contributed by atoms with Crippen LogP contribution in [0.5, 0.6) is 0 Å². The van der Waals surface area contributed by atoms with Gasteiger partial charge in [-0.25, -0.2) is 4.98 Å². The van der Waals surface area contributed by atoms with Crippen LogP contribution in [0.4, 0.5) is 0 Å². The summed E-state index contributed by atoms with van der Waals surface area (Å²) in [6.07, 6.45) is 7.99. The van der Waals surface area contributed by atoms with E-state index in [1.54, 1.807) is 7.11 Å². The van der Waals surface area contributed by atoms with Gasteiger partial charge in [0.05, 0.1) is 13.1 Å². The van der Waals surface area contributed by atoms with E-state index >= 15 is 0 Å². The van der Waals surface area contributed by atoms with Gasteiger partial charge >= 0.3 is 0 Å². The molecule has 0 N–H and O–H groups in total. The van der Waals surface area contributed by atoms with E-state index in [1.165, 1.54) is 6.42 Å². The lowest BCUT2D eigenvalue weighted by atomic mass is 10.3. The van der Waals surface area contributed by atoms with E-state index in [4.69, 9.17) is 4.74 Å². The maximum atomic E-state index is 5.15. The highest BCUT2D eigenvalue weighted by atomic mass is 16.5. The van der Waals surface area contributed by atoms with Crippen molar-refractivity contribution >= 4 is 0 Å². The number of imidazole rings is 1. The van der Waals surface area contributed by atoms with Crippen LogP contribution in [0.25, 0.3) is 0 Å². The monoisotopic (exact) mass is 211 g/mol. The van der Waals surface area contributed by atoms with Gasteiger partial charge in [0, 0.05) is 39.1 Å². The van der Waals surface area contributed by atoms with Gasteiger partial charge in [-0.1, -0.05) is 6.92 Å². The minimum atomic E-state index is 0.734. The predicted molar refractivity (Wildman–Crippen MR) is 60.6 cm³/mol. The number of rotatable bonds is 8. The summed E-state index contributed by atoms with van der Waals surface area (Å²) in [6, 6.07) is 0. The molecule has 0 atom stereocenters. The first-order valence-corrected chi connectivity index (χ1v) is 5.54. The number of aromatic nitrogens is 2. The van der Waals surface area contributed by atoms with Gasteiger partial charge in [-0.15, -0.1) is 0 Å². The average Bonchev–Trinajstić information content (AvgIpc) is 2.71. The van der Waals surface area contributed by atoms with E-state index in [0.717, 1.165) is 32.8 Å². The molecule has 0 unspecified atom stereocenters. The fraction of sp³-hybridized carbons (Fsp3) is 0.727. The van der Waals surface area contributed by atoms with E-state index < -0.39 is 0 Å². The molecule has 0 saturated heterocycles. The molecule has 0 saturated carbocycles. The topological polar surface area (TPSA) is 30.3 Å². The van der Waals surface area contributed by atoms with Crippen molar-refractivity contribution in [2.24, 2.45) is 0 Å². The van der Waals surface area contributed by atoms with E-state index in [-0.39, 0.29) is 0 Å². The van der Waals surface area contributed by atoms with E-state index in [0.29, 0.717) is 0 Å². The van der Waals surface area contributed by atoms with Gasteiger partial charge in [0.15, 0.2) is 0 Å². The zero-order chi connectivity index (χ0) is 10.9. The zero-order valence-electron chi connectivity index (χ0n) is 9.72. The SMILES string of the molecule is CCCN(CCCn1ccnc1)COC. The van der Waals surface area contributed by atoms with Gasteiger partial charge in [-0.05, 0) is 12.8 Å². The number of hydrogen-bond acceptors (Lipinski definition) is 3. The Morgan fingerprint density at radius 1 is 1.40 bits per heavy atom. The number of nitrogens with zero attached hydrogens (tertiary/aromatic N) is 3. The Morgan fingerprint density at radius 2 is 2.27 bits per heavy atom. The molecule has 4 nitrogen and oxygen atoms in total. The van der Waals surface area contributed by atoms with Crippen molar-refractivity contribution in [2.75, 3.05) is 26.9 Å². The molecule has 1 heterocycles. The Hall–Kier alpha value is -0.870. The third-order valence-corrected chi connectivity index (χ3v) is 2.30. The first-order chi connectivity index (χ1) is 7.36. The maximum Gasteiger partial charge on any atom is 0.0986 e. The zero-order valence-corrected chi connectivity index (χ0v) is 9.72. The lowest BCUT2D eigenvalue weighted by molar-refractivity contribution is 0.0616. The minimum Gasteiger partial charge on any atom is -0.369 e. The third-order valence-electron chi connectivity index (χ3n) is 2.30. The fourth-order valence-corrected chi connectivity index (χ4v) is 1.64. The first-order valence-electron chi connectivity index (χ1n) is 5.54. The van der Waals surface area contributed by atoms with Crippen LogP contribution in [-0.2, 0) is 11.3 Å². The molecule has 0 fully saturated rings. The molecule has 1 rings (SSSR count). The summed E-state index contributed by atoms with van der Waals surface area (Å²) in [4.78, 5) is 6.35. The highest BCUT2D eigenvalue weighted by Gasteiger charge is 2.02. The number of methoxy groups -OCH3 is 1. The molecule has 0 radical (unpaired) electrons. The molecule has 0 aliphatic carbocycles. The molecule has 0 spiro atoms. The highest BCUT2D eigenvalue weighted by molar-refractivity contribution is 4.73. The second-order valence-electron chi connectivity index (χ2n) is 3.69. The third kappa shape index (κ3) is 4.95. The fourth-order valence-electron chi connectivity index (χ4n) is 1.64. The van der Waals surface area contributed by atoms with Crippen LogP contribution >= 0.6 is 0 Å². The lowest BCUT2D eigenvalue weighted by Gasteiger charge is -2.20. The minimum absolute atomic E-state index is 0.734. The van der Waals surface area contributed by atoms with E-state index in [2.05, 4.69) is 21.4 Å². The van der Waals surface area contributed by atoms with Crippen LogP contribution in [0.3, 0.4) is 0 Å². The molecular formula is C11H21N3O. The van der Waals surface area contributed by atoms with Crippen LogP contribution in [0.1, 0.15) is 19.8 Å². The molecular weight excluding hydrogens is 190 g/mol. The van der Waals surface area contributed by atoms with Gasteiger partial charge < -0.3 is 9.30 Å². The second kappa shape index (κ2) is 7.43. The molecule has 86 valence electrons. The first kappa shape index (κ1) is 12.2. The van der Waals surface area contributed by atoms with Gasteiger partial charge in [-0.2, -0.15) is 0 Å². The lowest BCUT2D eigenvalue weighted by Crippen LogP contribution is -2.28. The van der Waals surface area contributed by atoms with E-state index in [9.17, 15) is 0 Å². The molecule has 0 amide bonds. The van der Waals surface area contributed by atoms with Gasteiger partial charge in [0.25, 0.3) is 0 Å².